The molecule has 16 heteroatoms. The predicted molar refractivity (Wildman–Crippen MR) is 130 cm³/mol. The third kappa shape index (κ3) is 7.87. The Morgan fingerprint density at radius 2 is 1.43 bits per heavy atom. The van der Waals surface area contributed by atoms with Gasteiger partial charge in [-0.1, -0.05) is 29.8 Å². The highest BCUT2D eigenvalue weighted by Crippen LogP contribution is 2.37. The van der Waals surface area contributed by atoms with Crippen molar-refractivity contribution in [2.75, 3.05) is 0 Å². The van der Waals surface area contributed by atoms with Crippen molar-refractivity contribution in [1.29, 1.82) is 0 Å². The number of fused-ring (bicyclic) bond motifs is 1. The third-order valence-corrected chi connectivity index (χ3v) is 5.79. The van der Waals surface area contributed by atoms with E-state index in [1.807, 2.05) is 0 Å². The molecule has 2 N–H and O–H groups in total. The van der Waals surface area contributed by atoms with E-state index in [9.17, 15) is 44.3 Å². The molecule has 0 spiro atoms. The highest BCUT2D eigenvalue weighted by molar-refractivity contribution is 6.35. The van der Waals surface area contributed by atoms with E-state index in [0.29, 0.717) is 15.9 Å². The minimum Gasteiger partial charge on any atom is -0.475 e. The van der Waals surface area contributed by atoms with Crippen LogP contribution in [0.5, 0.6) is 0 Å². The van der Waals surface area contributed by atoms with Crippen LogP contribution in [-0.2, 0) is 17.1 Å². The number of benzene rings is 2. The van der Waals surface area contributed by atoms with Crippen LogP contribution in [-0.4, -0.2) is 33.1 Å². The second-order valence-corrected chi connectivity index (χ2v) is 8.70. The lowest BCUT2D eigenvalue weighted by molar-refractivity contribution is -0.192. The number of rotatable bonds is 4. The molecule has 0 aliphatic rings. The van der Waals surface area contributed by atoms with Gasteiger partial charge in [0.25, 0.3) is 5.91 Å². The van der Waals surface area contributed by atoms with Gasteiger partial charge in [-0.3, -0.25) is 14.8 Å². The van der Waals surface area contributed by atoms with Gasteiger partial charge in [-0.2, -0.15) is 39.5 Å². The quantitative estimate of drug-likeness (QED) is 0.230. The SMILES string of the molecule is O=C(N[C@@H](c1ccc(C(F)(F)F)cc1)c1ncccc1C(F)(F)F)c1ccc2c(Cl)ccnc2c1.O=C(O)C(F)(F)F. The number of carbonyl (C=O) groups is 2. The molecule has 0 unspecified atom stereocenters. The molecule has 0 aliphatic carbocycles. The van der Waals surface area contributed by atoms with E-state index >= 15 is 0 Å². The zero-order chi connectivity index (χ0) is 31.5. The van der Waals surface area contributed by atoms with Crippen molar-refractivity contribution in [3.63, 3.8) is 0 Å². The lowest BCUT2D eigenvalue weighted by Gasteiger charge is -2.23. The number of halogens is 10. The number of hydrogen-bond donors (Lipinski definition) is 2. The molecule has 42 heavy (non-hydrogen) atoms. The topological polar surface area (TPSA) is 92.2 Å². The van der Waals surface area contributed by atoms with Gasteiger partial charge in [0.2, 0.25) is 0 Å². The largest absolute Gasteiger partial charge is 0.490 e. The molecule has 0 fully saturated rings. The lowest BCUT2D eigenvalue weighted by Crippen LogP contribution is -2.31. The maximum Gasteiger partial charge on any atom is 0.490 e. The van der Waals surface area contributed by atoms with E-state index in [4.69, 9.17) is 21.5 Å². The minimum atomic E-state index is -5.08. The average molecular weight is 624 g/mol. The zero-order valence-electron chi connectivity index (χ0n) is 20.4. The van der Waals surface area contributed by atoms with Gasteiger partial charge >= 0.3 is 24.5 Å². The Labute approximate surface area is 234 Å². The van der Waals surface area contributed by atoms with Crippen LogP contribution >= 0.6 is 11.6 Å². The van der Waals surface area contributed by atoms with Crippen LogP contribution in [0, 0.1) is 0 Å². The fraction of sp³-hybridized carbons (Fsp3) is 0.154. The Morgan fingerprint density at radius 1 is 0.810 bits per heavy atom. The second-order valence-electron chi connectivity index (χ2n) is 8.29. The van der Waals surface area contributed by atoms with Crippen molar-refractivity contribution in [2.45, 2.75) is 24.6 Å². The van der Waals surface area contributed by atoms with Crippen molar-refractivity contribution >= 4 is 34.4 Å². The molecule has 4 aromatic rings. The number of nitrogens with one attached hydrogen (secondary N) is 1. The van der Waals surface area contributed by atoms with Gasteiger partial charge in [0, 0.05) is 23.3 Å². The number of nitrogens with zero attached hydrogens (tertiary/aromatic N) is 2. The first-order valence-corrected chi connectivity index (χ1v) is 11.6. The Balaban J connectivity index is 0.000000616. The van der Waals surface area contributed by atoms with Gasteiger partial charge in [-0.05, 0) is 48.0 Å². The van der Waals surface area contributed by atoms with Gasteiger partial charge in [0.1, 0.15) is 0 Å². The summed E-state index contributed by atoms with van der Waals surface area (Å²) in [6.45, 7) is 0. The van der Waals surface area contributed by atoms with Crippen molar-refractivity contribution in [3.8, 4) is 0 Å². The maximum atomic E-state index is 13.7. The van der Waals surface area contributed by atoms with Gasteiger partial charge < -0.3 is 10.4 Å². The summed E-state index contributed by atoms with van der Waals surface area (Å²) >= 11 is 6.10. The molecule has 6 nitrogen and oxygen atoms in total. The van der Waals surface area contributed by atoms with E-state index in [0.717, 1.165) is 42.6 Å². The molecule has 0 bridgehead atoms. The molecule has 222 valence electrons. The second kappa shape index (κ2) is 12.2. The smallest absolute Gasteiger partial charge is 0.475 e. The molecule has 0 radical (unpaired) electrons. The Hall–Kier alpha value is -4.40. The molecule has 2 aromatic heterocycles. The number of hydrogen-bond acceptors (Lipinski definition) is 4. The monoisotopic (exact) mass is 623 g/mol. The van der Waals surface area contributed by atoms with Gasteiger partial charge in [-0.15, -0.1) is 0 Å². The molecular formula is C26H15ClF9N3O3. The Morgan fingerprint density at radius 3 is 1.98 bits per heavy atom. The molecule has 1 amide bonds. The maximum absolute atomic E-state index is 13.7. The number of carboxylic acids is 1. The van der Waals surface area contributed by atoms with Crippen LogP contribution in [0.15, 0.2) is 73.1 Å². The van der Waals surface area contributed by atoms with E-state index in [1.165, 1.54) is 24.4 Å². The zero-order valence-corrected chi connectivity index (χ0v) is 21.2. The molecule has 2 aromatic carbocycles. The average Bonchev–Trinajstić information content (AvgIpc) is 2.90. The first kappa shape index (κ1) is 32.1. The van der Waals surface area contributed by atoms with Crippen LogP contribution < -0.4 is 5.32 Å². The van der Waals surface area contributed by atoms with Gasteiger partial charge in [-0.25, -0.2) is 4.79 Å². The standard InChI is InChI=1S/C24H14ClF6N3O.C2HF3O2/c25-18-9-11-32-19-12-14(5-8-16(18)19)22(35)34-20(13-3-6-15(7-4-13)23(26,27)28)21-17(24(29,30)31)2-1-10-33-21;3-2(4,5)1(6)7/h1-12,20H,(H,34,35);(H,6,7)/t20-;/m0./s1. The number of carboxylic acid groups (broad SMARTS) is 1. The predicted octanol–water partition coefficient (Wildman–Crippen LogP) is 7.47. The van der Waals surface area contributed by atoms with Crippen molar-refractivity contribution in [1.82, 2.24) is 15.3 Å². The van der Waals surface area contributed by atoms with Crippen molar-refractivity contribution in [3.05, 3.63) is 106 Å². The third-order valence-electron chi connectivity index (χ3n) is 5.46. The summed E-state index contributed by atoms with van der Waals surface area (Å²) in [7, 11) is 0. The first-order chi connectivity index (χ1) is 19.4. The van der Waals surface area contributed by atoms with Crippen LogP contribution in [0.2, 0.25) is 5.02 Å². The number of amides is 1. The van der Waals surface area contributed by atoms with Crippen LogP contribution in [0.4, 0.5) is 39.5 Å². The molecule has 0 saturated heterocycles. The molecule has 4 rings (SSSR count). The molecule has 0 aliphatic heterocycles. The van der Waals surface area contributed by atoms with Gasteiger partial charge in [0.15, 0.2) is 0 Å². The molecular weight excluding hydrogens is 609 g/mol. The number of pyridine rings is 2. The summed E-state index contributed by atoms with van der Waals surface area (Å²) in [5.74, 6) is -3.54. The normalized spacial score (nSPS) is 12.7. The Kier molecular flexibility index (Phi) is 9.35. The summed E-state index contributed by atoms with van der Waals surface area (Å²) in [4.78, 5) is 29.9. The number of aromatic nitrogens is 2. The Bertz CT molecular complexity index is 1590. The van der Waals surface area contributed by atoms with E-state index in [2.05, 4.69) is 15.3 Å². The number of aliphatic carboxylic acids is 1. The summed E-state index contributed by atoms with van der Waals surface area (Å²) in [5, 5.41) is 10.6. The van der Waals surface area contributed by atoms with E-state index < -0.39 is 53.3 Å². The molecule has 1 atom stereocenters. The van der Waals surface area contributed by atoms with Gasteiger partial charge in [0.05, 0.1) is 33.4 Å². The summed E-state index contributed by atoms with van der Waals surface area (Å²) < 4.78 is 112. The number of alkyl halides is 9. The van der Waals surface area contributed by atoms with Crippen molar-refractivity contribution < 1.29 is 54.2 Å². The first-order valence-electron chi connectivity index (χ1n) is 11.2. The molecule has 0 saturated carbocycles. The fourth-order valence-corrected chi connectivity index (χ4v) is 3.75. The molecule has 2 heterocycles. The minimum absolute atomic E-state index is 0.0162. The highest BCUT2D eigenvalue weighted by Gasteiger charge is 2.39. The van der Waals surface area contributed by atoms with Crippen LogP contribution in [0.3, 0.4) is 0 Å². The summed E-state index contributed by atoms with van der Waals surface area (Å²) in [5.41, 5.74) is -2.25. The highest BCUT2D eigenvalue weighted by atomic mass is 35.5. The van der Waals surface area contributed by atoms with E-state index in [1.54, 1.807) is 6.07 Å². The van der Waals surface area contributed by atoms with Crippen molar-refractivity contribution in [2.24, 2.45) is 0 Å². The van der Waals surface area contributed by atoms with E-state index in [-0.39, 0.29) is 11.1 Å². The number of carbonyl (C=O) groups excluding carboxylic acids is 1. The fourth-order valence-electron chi connectivity index (χ4n) is 3.53. The summed E-state index contributed by atoms with van der Waals surface area (Å²) in [6, 6.07) is 9.75. The summed E-state index contributed by atoms with van der Waals surface area (Å²) in [6.07, 6.45) is -12.0. The van der Waals surface area contributed by atoms with Crippen LogP contribution in [0.1, 0.15) is 38.8 Å². The van der Waals surface area contributed by atoms with Crippen LogP contribution in [0.25, 0.3) is 10.9 Å². The lowest BCUT2D eigenvalue weighted by atomic mass is 9.97.